The number of benzene rings is 1. The maximum absolute atomic E-state index is 11.9. The number of amides is 1. The fourth-order valence-corrected chi connectivity index (χ4v) is 3.87. The molecule has 0 unspecified atom stereocenters. The van der Waals surface area contributed by atoms with Crippen molar-refractivity contribution in [1.82, 2.24) is 0 Å². The summed E-state index contributed by atoms with van der Waals surface area (Å²) in [6.07, 6.45) is 5.18. The average Bonchev–Trinajstić information content (AvgIpc) is 2.83. The molecule has 0 bridgehead atoms. The summed E-state index contributed by atoms with van der Waals surface area (Å²) in [5, 5.41) is 3.65. The standard InChI is InChI=1S/C14H18BrNOS/c1-10-6-7-13(12(15)8-10)16-14(17)9-18-11-4-2-3-5-11/h6-8,11H,2-5,9H2,1H3,(H,16,17). The lowest BCUT2D eigenvalue weighted by Crippen LogP contribution is -2.16. The van der Waals surface area contributed by atoms with Crippen molar-refractivity contribution in [3.63, 3.8) is 0 Å². The van der Waals surface area contributed by atoms with E-state index in [-0.39, 0.29) is 5.91 Å². The molecule has 1 aliphatic carbocycles. The molecule has 4 heteroatoms. The topological polar surface area (TPSA) is 29.1 Å². The van der Waals surface area contributed by atoms with Crippen LogP contribution in [0, 0.1) is 6.92 Å². The molecule has 2 rings (SSSR count). The van der Waals surface area contributed by atoms with Gasteiger partial charge in [0.25, 0.3) is 0 Å². The van der Waals surface area contributed by atoms with Crippen molar-refractivity contribution in [2.24, 2.45) is 0 Å². The van der Waals surface area contributed by atoms with E-state index in [1.807, 2.05) is 25.1 Å². The molecule has 1 aliphatic rings. The van der Waals surface area contributed by atoms with Gasteiger partial charge in [-0.1, -0.05) is 18.9 Å². The highest BCUT2D eigenvalue weighted by molar-refractivity contribution is 9.10. The molecule has 98 valence electrons. The van der Waals surface area contributed by atoms with Crippen LogP contribution >= 0.6 is 27.7 Å². The molecule has 1 fully saturated rings. The molecule has 0 atom stereocenters. The molecule has 1 aromatic carbocycles. The van der Waals surface area contributed by atoms with Crippen molar-refractivity contribution in [3.8, 4) is 0 Å². The second-order valence-corrected chi connectivity index (χ2v) is 6.89. The zero-order valence-corrected chi connectivity index (χ0v) is 12.9. The van der Waals surface area contributed by atoms with E-state index in [1.54, 1.807) is 11.8 Å². The summed E-state index contributed by atoms with van der Waals surface area (Å²) in [5.74, 6) is 0.654. The van der Waals surface area contributed by atoms with Gasteiger partial charge in [0.1, 0.15) is 0 Å². The van der Waals surface area contributed by atoms with Crippen LogP contribution < -0.4 is 5.32 Å². The first-order valence-electron chi connectivity index (χ1n) is 6.33. The minimum atomic E-state index is 0.0939. The Balaban J connectivity index is 1.82. The lowest BCUT2D eigenvalue weighted by Gasteiger charge is -2.10. The number of hydrogen-bond donors (Lipinski definition) is 1. The number of nitrogens with one attached hydrogen (secondary N) is 1. The molecule has 2 nitrogen and oxygen atoms in total. The third kappa shape index (κ3) is 4.02. The number of aryl methyl sites for hydroxylation is 1. The van der Waals surface area contributed by atoms with Crippen LogP contribution in [0.25, 0.3) is 0 Å². The molecule has 1 saturated carbocycles. The van der Waals surface area contributed by atoms with E-state index in [4.69, 9.17) is 0 Å². The molecule has 1 aromatic rings. The van der Waals surface area contributed by atoms with E-state index in [0.29, 0.717) is 11.0 Å². The minimum Gasteiger partial charge on any atom is -0.324 e. The largest absolute Gasteiger partial charge is 0.324 e. The monoisotopic (exact) mass is 327 g/mol. The smallest absolute Gasteiger partial charge is 0.234 e. The summed E-state index contributed by atoms with van der Waals surface area (Å²) in [4.78, 5) is 11.9. The van der Waals surface area contributed by atoms with E-state index in [2.05, 4.69) is 21.2 Å². The Hall–Kier alpha value is -0.480. The Labute approximate surface area is 121 Å². The van der Waals surface area contributed by atoms with Crippen LogP contribution in [0.15, 0.2) is 22.7 Å². The molecule has 0 heterocycles. The second-order valence-electron chi connectivity index (χ2n) is 4.75. The number of thioether (sulfide) groups is 1. The highest BCUT2D eigenvalue weighted by Gasteiger charge is 2.16. The van der Waals surface area contributed by atoms with Gasteiger partial charge in [0, 0.05) is 9.72 Å². The van der Waals surface area contributed by atoms with Crippen LogP contribution in [0.2, 0.25) is 0 Å². The van der Waals surface area contributed by atoms with Crippen molar-refractivity contribution >= 4 is 39.3 Å². The zero-order chi connectivity index (χ0) is 13.0. The molecule has 0 aromatic heterocycles. The van der Waals surface area contributed by atoms with Gasteiger partial charge in [0.2, 0.25) is 5.91 Å². The van der Waals surface area contributed by atoms with Crippen molar-refractivity contribution in [3.05, 3.63) is 28.2 Å². The van der Waals surface area contributed by atoms with Gasteiger partial charge < -0.3 is 5.32 Å². The van der Waals surface area contributed by atoms with Crippen LogP contribution in [-0.2, 0) is 4.79 Å². The third-order valence-corrected chi connectivity index (χ3v) is 5.18. The number of rotatable bonds is 4. The van der Waals surface area contributed by atoms with E-state index >= 15 is 0 Å². The van der Waals surface area contributed by atoms with Gasteiger partial charge in [-0.2, -0.15) is 0 Å². The first-order valence-corrected chi connectivity index (χ1v) is 8.17. The highest BCUT2D eigenvalue weighted by Crippen LogP contribution is 2.29. The number of carbonyl (C=O) groups is 1. The second kappa shape index (κ2) is 6.62. The molecule has 1 amide bonds. The van der Waals surface area contributed by atoms with Crippen molar-refractivity contribution in [2.75, 3.05) is 11.1 Å². The van der Waals surface area contributed by atoms with E-state index < -0.39 is 0 Å². The summed E-state index contributed by atoms with van der Waals surface area (Å²) in [5.41, 5.74) is 2.04. The fourth-order valence-electron chi connectivity index (χ4n) is 2.16. The Bertz CT molecular complexity index is 430. The van der Waals surface area contributed by atoms with Gasteiger partial charge in [0.05, 0.1) is 11.4 Å². The van der Waals surface area contributed by atoms with Gasteiger partial charge in [-0.15, -0.1) is 11.8 Å². The molecule has 0 aliphatic heterocycles. The lowest BCUT2D eigenvalue weighted by molar-refractivity contribution is -0.113. The average molecular weight is 328 g/mol. The first kappa shape index (κ1) is 13.9. The first-order chi connectivity index (χ1) is 8.65. The third-order valence-electron chi connectivity index (χ3n) is 3.15. The molecule has 18 heavy (non-hydrogen) atoms. The molecular weight excluding hydrogens is 310 g/mol. The summed E-state index contributed by atoms with van der Waals surface area (Å²) in [6.45, 7) is 2.03. The maximum atomic E-state index is 11.9. The minimum absolute atomic E-state index is 0.0939. The van der Waals surface area contributed by atoms with Crippen molar-refractivity contribution < 1.29 is 4.79 Å². The number of halogens is 1. The summed E-state index contributed by atoms with van der Waals surface area (Å²) in [6, 6.07) is 5.96. The Morgan fingerprint density at radius 1 is 1.44 bits per heavy atom. The highest BCUT2D eigenvalue weighted by atomic mass is 79.9. The molecule has 0 spiro atoms. The molecular formula is C14H18BrNOS. The van der Waals surface area contributed by atoms with Crippen molar-refractivity contribution in [2.45, 2.75) is 37.9 Å². The van der Waals surface area contributed by atoms with Gasteiger partial charge in [-0.25, -0.2) is 0 Å². The Morgan fingerprint density at radius 3 is 2.83 bits per heavy atom. The Kier molecular flexibility index (Phi) is 5.13. The quantitative estimate of drug-likeness (QED) is 0.889. The molecule has 0 radical (unpaired) electrons. The van der Waals surface area contributed by atoms with E-state index in [1.165, 1.54) is 31.2 Å². The zero-order valence-electron chi connectivity index (χ0n) is 10.5. The van der Waals surface area contributed by atoms with Gasteiger partial charge in [-0.05, 0) is 53.4 Å². The number of anilines is 1. The van der Waals surface area contributed by atoms with E-state index in [9.17, 15) is 4.79 Å². The van der Waals surface area contributed by atoms with Crippen molar-refractivity contribution in [1.29, 1.82) is 0 Å². The predicted molar refractivity (Wildman–Crippen MR) is 82.2 cm³/mol. The van der Waals surface area contributed by atoms with Crippen LogP contribution in [0.3, 0.4) is 0 Å². The van der Waals surface area contributed by atoms with E-state index in [0.717, 1.165) is 10.2 Å². The summed E-state index contributed by atoms with van der Waals surface area (Å²) < 4.78 is 0.946. The Morgan fingerprint density at radius 2 is 2.17 bits per heavy atom. The SMILES string of the molecule is Cc1ccc(NC(=O)CSC2CCCC2)c(Br)c1. The van der Waals surface area contributed by atoms with Crippen LogP contribution in [0.5, 0.6) is 0 Å². The number of hydrogen-bond acceptors (Lipinski definition) is 2. The number of carbonyl (C=O) groups excluding carboxylic acids is 1. The molecule has 0 saturated heterocycles. The van der Waals surface area contributed by atoms with Crippen LogP contribution in [-0.4, -0.2) is 16.9 Å². The predicted octanol–water partition coefficient (Wildman–Crippen LogP) is 4.37. The van der Waals surface area contributed by atoms with Crippen LogP contribution in [0.4, 0.5) is 5.69 Å². The maximum Gasteiger partial charge on any atom is 0.234 e. The summed E-state index contributed by atoms with van der Waals surface area (Å²) in [7, 11) is 0. The summed E-state index contributed by atoms with van der Waals surface area (Å²) >= 11 is 5.26. The van der Waals surface area contributed by atoms with Gasteiger partial charge in [0.15, 0.2) is 0 Å². The molecule has 1 N–H and O–H groups in total. The fraction of sp³-hybridized carbons (Fsp3) is 0.500. The lowest BCUT2D eigenvalue weighted by atomic mass is 10.2. The van der Waals surface area contributed by atoms with Gasteiger partial charge in [-0.3, -0.25) is 4.79 Å². The van der Waals surface area contributed by atoms with Gasteiger partial charge >= 0.3 is 0 Å². The van der Waals surface area contributed by atoms with Crippen LogP contribution in [0.1, 0.15) is 31.2 Å². The normalized spacial score (nSPS) is 15.9.